The molecule has 29 heavy (non-hydrogen) atoms. The lowest BCUT2D eigenvalue weighted by Crippen LogP contribution is -2.37. The fraction of sp³-hybridized carbons (Fsp3) is 0.273. The number of hydrogen-bond acceptors (Lipinski definition) is 5. The van der Waals surface area contributed by atoms with E-state index in [4.69, 9.17) is 4.74 Å². The van der Waals surface area contributed by atoms with Crippen LogP contribution in [0.15, 0.2) is 48.5 Å². The van der Waals surface area contributed by atoms with E-state index in [9.17, 15) is 19.2 Å². The van der Waals surface area contributed by atoms with E-state index in [1.807, 2.05) is 38.1 Å². The summed E-state index contributed by atoms with van der Waals surface area (Å²) < 4.78 is 4.96. The second-order valence-electron chi connectivity index (χ2n) is 6.84. The molecule has 0 fully saturated rings. The van der Waals surface area contributed by atoms with Crippen LogP contribution < -0.4 is 5.32 Å². The van der Waals surface area contributed by atoms with Gasteiger partial charge in [0.25, 0.3) is 17.7 Å². The molecule has 0 bridgehead atoms. The molecule has 1 N–H and O–H groups in total. The van der Waals surface area contributed by atoms with Gasteiger partial charge in [-0.25, -0.2) is 0 Å². The first-order valence-corrected chi connectivity index (χ1v) is 9.37. The molecule has 2 aromatic carbocycles. The number of esters is 1. The molecule has 7 heteroatoms. The predicted molar refractivity (Wildman–Crippen MR) is 105 cm³/mol. The van der Waals surface area contributed by atoms with Crippen LogP contribution in [0, 0.1) is 6.92 Å². The number of ether oxygens (including phenoxy) is 1. The van der Waals surface area contributed by atoms with E-state index < -0.39 is 36.8 Å². The summed E-state index contributed by atoms with van der Waals surface area (Å²) in [6, 6.07) is 14.0. The maximum absolute atomic E-state index is 12.3. The number of nitrogens with one attached hydrogen (secondary N) is 1. The average molecular weight is 394 g/mol. The Labute approximate surface area is 168 Å². The fourth-order valence-electron chi connectivity index (χ4n) is 3.16. The Bertz CT molecular complexity index is 917. The minimum absolute atomic E-state index is 0.196. The maximum Gasteiger partial charge on any atom is 0.326 e. The second-order valence-corrected chi connectivity index (χ2v) is 6.84. The molecule has 1 atom stereocenters. The normalized spacial score (nSPS) is 13.8. The van der Waals surface area contributed by atoms with Crippen LogP contribution in [0.25, 0.3) is 0 Å². The Balaban J connectivity index is 1.51. The first-order chi connectivity index (χ1) is 13.9. The molecule has 0 spiro atoms. The van der Waals surface area contributed by atoms with E-state index in [0.717, 1.165) is 16.0 Å². The summed E-state index contributed by atoms with van der Waals surface area (Å²) in [5.41, 5.74) is 2.60. The van der Waals surface area contributed by atoms with Gasteiger partial charge in [0, 0.05) is 0 Å². The zero-order valence-corrected chi connectivity index (χ0v) is 16.3. The minimum atomic E-state index is -0.821. The number of carbonyl (C=O) groups is 4. The van der Waals surface area contributed by atoms with Crippen molar-refractivity contribution in [2.24, 2.45) is 0 Å². The molecule has 1 heterocycles. The van der Waals surface area contributed by atoms with Crippen LogP contribution in [-0.4, -0.2) is 41.7 Å². The molecule has 0 unspecified atom stereocenters. The number of fused-ring (bicyclic) bond motifs is 1. The summed E-state index contributed by atoms with van der Waals surface area (Å²) in [6.07, 6.45) is 0.678. The second kappa shape index (κ2) is 8.68. The molecule has 1 aliphatic rings. The predicted octanol–water partition coefficient (Wildman–Crippen LogP) is 2.40. The van der Waals surface area contributed by atoms with Crippen LogP contribution in [0.4, 0.5) is 0 Å². The van der Waals surface area contributed by atoms with Gasteiger partial charge >= 0.3 is 5.97 Å². The first-order valence-electron chi connectivity index (χ1n) is 9.37. The van der Waals surface area contributed by atoms with Gasteiger partial charge in [-0.05, 0) is 31.0 Å². The summed E-state index contributed by atoms with van der Waals surface area (Å²) in [7, 11) is 0. The Morgan fingerprint density at radius 2 is 1.59 bits per heavy atom. The van der Waals surface area contributed by atoms with Crippen LogP contribution in [0.3, 0.4) is 0 Å². The van der Waals surface area contributed by atoms with Crippen LogP contribution >= 0.6 is 0 Å². The number of imide groups is 1. The molecule has 0 saturated carbocycles. The van der Waals surface area contributed by atoms with E-state index in [1.165, 1.54) is 12.1 Å². The highest BCUT2D eigenvalue weighted by molar-refractivity contribution is 6.22. The lowest BCUT2D eigenvalue weighted by molar-refractivity contribution is -0.148. The third-order valence-corrected chi connectivity index (χ3v) is 4.75. The zero-order valence-electron chi connectivity index (χ0n) is 16.3. The van der Waals surface area contributed by atoms with Crippen LogP contribution in [0.2, 0.25) is 0 Å². The largest absolute Gasteiger partial charge is 0.454 e. The molecule has 0 saturated heterocycles. The molecule has 0 aliphatic carbocycles. The number of carbonyl (C=O) groups excluding carboxylic acids is 4. The number of benzene rings is 2. The number of aryl methyl sites for hydroxylation is 1. The van der Waals surface area contributed by atoms with Gasteiger partial charge in [0.1, 0.15) is 6.54 Å². The molecular formula is C22H22N2O5. The van der Waals surface area contributed by atoms with E-state index in [2.05, 4.69) is 5.32 Å². The van der Waals surface area contributed by atoms with E-state index >= 15 is 0 Å². The molecule has 3 rings (SSSR count). The number of rotatable bonds is 7. The third kappa shape index (κ3) is 4.51. The van der Waals surface area contributed by atoms with Crippen molar-refractivity contribution in [3.63, 3.8) is 0 Å². The summed E-state index contributed by atoms with van der Waals surface area (Å²) >= 11 is 0. The van der Waals surface area contributed by atoms with E-state index in [0.29, 0.717) is 6.42 Å². The van der Waals surface area contributed by atoms with Crippen molar-refractivity contribution in [2.75, 3.05) is 13.2 Å². The van der Waals surface area contributed by atoms with Gasteiger partial charge in [0.15, 0.2) is 6.61 Å². The van der Waals surface area contributed by atoms with Crippen molar-refractivity contribution in [3.05, 3.63) is 70.8 Å². The lowest BCUT2D eigenvalue weighted by atomic mass is 10.0. The van der Waals surface area contributed by atoms with Crippen LogP contribution in [-0.2, 0) is 14.3 Å². The summed E-state index contributed by atoms with van der Waals surface area (Å²) in [5, 5.41) is 2.82. The Morgan fingerprint density at radius 3 is 2.14 bits per heavy atom. The van der Waals surface area contributed by atoms with Crippen molar-refractivity contribution in [1.82, 2.24) is 10.2 Å². The van der Waals surface area contributed by atoms with Crippen LogP contribution in [0.1, 0.15) is 51.2 Å². The molecule has 1 aliphatic heterocycles. The third-order valence-electron chi connectivity index (χ3n) is 4.75. The number of amides is 3. The minimum Gasteiger partial charge on any atom is -0.454 e. The molecule has 2 aromatic rings. The summed E-state index contributed by atoms with van der Waals surface area (Å²) in [4.78, 5) is 49.6. The molecule has 7 nitrogen and oxygen atoms in total. The molecule has 150 valence electrons. The van der Waals surface area contributed by atoms with Gasteiger partial charge in [0.2, 0.25) is 0 Å². The quantitative estimate of drug-likeness (QED) is 0.575. The Kier molecular flexibility index (Phi) is 6.07. The maximum atomic E-state index is 12.3. The molecule has 0 aromatic heterocycles. The molecular weight excluding hydrogens is 372 g/mol. The van der Waals surface area contributed by atoms with E-state index in [1.54, 1.807) is 12.1 Å². The lowest BCUT2D eigenvalue weighted by Gasteiger charge is -2.18. The monoisotopic (exact) mass is 394 g/mol. The Morgan fingerprint density at radius 1 is 1.00 bits per heavy atom. The van der Waals surface area contributed by atoms with Crippen molar-refractivity contribution < 1.29 is 23.9 Å². The van der Waals surface area contributed by atoms with Crippen molar-refractivity contribution in [1.29, 1.82) is 0 Å². The molecule has 0 radical (unpaired) electrons. The smallest absolute Gasteiger partial charge is 0.326 e. The SMILES string of the molecule is CC[C@H](NC(=O)COC(=O)CN1C(=O)c2ccccc2C1=O)c1ccc(C)cc1. The summed E-state index contributed by atoms with van der Waals surface area (Å²) in [6.45, 7) is 2.91. The topological polar surface area (TPSA) is 92.8 Å². The zero-order chi connectivity index (χ0) is 21.0. The highest BCUT2D eigenvalue weighted by Crippen LogP contribution is 2.22. The van der Waals surface area contributed by atoms with Crippen molar-refractivity contribution in [2.45, 2.75) is 26.3 Å². The highest BCUT2D eigenvalue weighted by atomic mass is 16.5. The fourth-order valence-corrected chi connectivity index (χ4v) is 3.16. The van der Waals surface area contributed by atoms with E-state index in [-0.39, 0.29) is 17.2 Å². The number of hydrogen-bond donors (Lipinski definition) is 1. The number of nitrogens with zero attached hydrogens (tertiary/aromatic N) is 1. The standard InChI is InChI=1S/C22H22N2O5/c1-3-18(15-10-8-14(2)9-11-15)23-19(25)13-29-20(26)12-24-21(27)16-6-4-5-7-17(16)22(24)28/h4-11,18H,3,12-13H2,1-2H3,(H,23,25)/t18-/m0/s1. The first kappa shape index (κ1) is 20.3. The van der Waals surface area contributed by atoms with Gasteiger partial charge in [0.05, 0.1) is 17.2 Å². The Hall–Kier alpha value is -3.48. The summed E-state index contributed by atoms with van der Waals surface area (Å²) in [5.74, 6) is -2.36. The van der Waals surface area contributed by atoms with Gasteiger partial charge < -0.3 is 10.1 Å². The van der Waals surface area contributed by atoms with Crippen molar-refractivity contribution in [3.8, 4) is 0 Å². The highest BCUT2D eigenvalue weighted by Gasteiger charge is 2.36. The average Bonchev–Trinajstić information content (AvgIpc) is 2.96. The van der Waals surface area contributed by atoms with Gasteiger partial charge in [-0.3, -0.25) is 24.1 Å². The van der Waals surface area contributed by atoms with Crippen LogP contribution in [0.5, 0.6) is 0 Å². The van der Waals surface area contributed by atoms with Gasteiger partial charge in [-0.1, -0.05) is 48.9 Å². The van der Waals surface area contributed by atoms with Gasteiger partial charge in [-0.15, -0.1) is 0 Å². The molecule has 3 amide bonds. The van der Waals surface area contributed by atoms with Crippen molar-refractivity contribution >= 4 is 23.7 Å². The van der Waals surface area contributed by atoms with Gasteiger partial charge in [-0.2, -0.15) is 0 Å².